The van der Waals surface area contributed by atoms with Crippen molar-refractivity contribution in [2.24, 2.45) is 0 Å². The first-order chi connectivity index (χ1) is 34.5. The molecule has 2 aliphatic rings. The zero-order valence-corrected chi connectivity index (χ0v) is 42.7. The van der Waals surface area contributed by atoms with Gasteiger partial charge in [0.2, 0.25) is 0 Å². The fourth-order valence-corrected chi connectivity index (χ4v) is 10.2. The van der Waals surface area contributed by atoms with E-state index in [-0.39, 0.29) is 0 Å². The van der Waals surface area contributed by atoms with Crippen molar-refractivity contribution in [3.05, 3.63) is 154 Å². The van der Waals surface area contributed by atoms with Crippen molar-refractivity contribution in [3.8, 4) is 34.5 Å². The van der Waals surface area contributed by atoms with E-state index in [0.29, 0.717) is 13.2 Å². The van der Waals surface area contributed by atoms with Gasteiger partial charge in [0, 0.05) is 10.4 Å². The largest absolute Gasteiger partial charge is 0.494 e. The second kappa shape index (κ2) is 25.3. The van der Waals surface area contributed by atoms with Gasteiger partial charge in [0.05, 0.1) is 37.3 Å². The fraction of sp³-hybridized carbons (Fsp3) is 0.438. The predicted octanol–water partition coefficient (Wildman–Crippen LogP) is 15.0. The van der Waals surface area contributed by atoms with Crippen LogP contribution in [0.3, 0.4) is 0 Å². The lowest BCUT2D eigenvalue weighted by atomic mass is 9.72. The van der Waals surface area contributed by atoms with Crippen LogP contribution >= 0.6 is 0 Å². The summed E-state index contributed by atoms with van der Waals surface area (Å²) in [5.41, 5.74) is 3.43. The third kappa shape index (κ3) is 12.2. The average Bonchev–Trinajstić information content (AvgIpc) is 3.41. The van der Waals surface area contributed by atoms with Gasteiger partial charge in [-0.05, 0) is 132 Å². The predicted molar refractivity (Wildman–Crippen MR) is 289 cm³/mol. The second-order valence-electron chi connectivity index (χ2n) is 19.6. The quantitative estimate of drug-likeness (QED) is 0.0457. The third-order valence-electron chi connectivity index (χ3n) is 14.4. The molecule has 70 heavy (non-hydrogen) atoms. The molecular formula is C64H78O6. The van der Waals surface area contributed by atoms with Gasteiger partial charge in [-0.3, -0.25) is 0 Å². The maximum absolute atomic E-state index is 6.90. The first kappa shape index (κ1) is 50.5. The van der Waals surface area contributed by atoms with Crippen molar-refractivity contribution in [2.45, 2.75) is 141 Å². The third-order valence-corrected chi connectivity index (χ3v) is 14.4. The van der Waals surface area contributed by atoms with Gasteiger partial charge in [-0.15, -0.1) is 0 Å². The molecule has 370 valence electrons. The summed E-state index contributed by atoms with van der Waals surface area (Å²) in [5.74, 6) is 5.32. The van der Waals surface area contributed by atoms with Gasteiger partial charge in [0.25, 0.3) is 0 Å². The molecule has 2 aliphatic heterocycles. The lowest BCUT2D eigenvalue weighted by molar-refractivity contribution is 0.265. The van der Waals surface area contributed by atoms with Crippen molar-refractivity contribution in [2.75, 3.05) is 39.6 Å². The van der Waals surface area contributed by atoms with Crippen LogP contribution in [0.25, 0.3) is 22.9 Å². The molecule has 6 aromatic carbocycles. The molecule has 0 spiro atoms. The van der Waals surface area contributed by atoms with Gasteiger partial charge in [0.15, 0.2) is 0 Å². The highest BCUT2D eigenvalue weighted by Crippen LogP contribution is 2.42. The van der Waals surface area contributed by atoms with Crippen molar-refractivity contribution in [3.63, 3.8) is 0 Å². The molecule has 0 atom stereocenters. The summed E-state index contributed by atoms with van der Waals surface area (Å²) in [4.78, 5) is 0. The highest BCUT2D eigenvalue weighted by Gasteiger charge is 2.38. The molecule has 0 aromatic heterocycles. The molecule has 6 heteroatoms. The normalized spacial score (nSPS) is 14.3. The molecule has 6 aromatic rings. The first-order valence-electron chi connectivity index (χ1n) is 27.0. The highest BCUT2D eigenvalue weighted by molar-refractivity contribution is 5.90. The van der Waals surface area contributed by atoms with Crippen molar-refractivity contribution >= 4 is 22.9 Å². The van der Waals surface area contributed by atoms with E-state index in [1.54, 1.807) is 0 Å². The Morgan fingerprint density at radius 3 is 0.857 bits per heavy atom. The van der Waals surface area contributed by atoms with E-state index in [2.05, 4.69) is 161 Å². The fourth-order valence-electron chi connectivity index (χ4n) is 10.2. The molecule has 0 radical (unpaired) electrons. The molecule has 0 amide bonds. The van der Waals surface area contributed by atoms with E-state index in [1.807, 2.05) is 0 Å². The van der Waals surface area contributed by atoms with Gasteiger partial charge in [-0.25, -0.2) is 0 Å². The number of unbranched alkanes of at least 4 members (excludes halogenated alkanes) is 12. The minimum Gasteiger partial charge on any atom is -0.494 e. The molecule has 2 heterocycles. The molecule has 6 nitrogen and oxygen atoms in total. The first-order valence-corrected chi connectivity index (χ1v) is 27.0. The Balaban J connectivity index is 1.20. The molecule has 0 aliphatic carbocycles. The molecular weight excluding hydrogens is 865 g/mol. The van der Waals surface area contributed by atoms with Gasteiger partial charge in [-0.2, -0.15) is 0 Å². The van der Waals surface area contributed by atoms with E-state index >= 15 is 0 Å². The van der Waals surface area contributed by atoms with Gasteiger partial charge < -0.3 is 28.4 Å². The van der Waals surface area contributed by atoms with E-state index < -0.39 is 10.8 Å². The minimum absolute atomic E-state index is 0.458. The smallest absolute Gasteiger partial charge is 0.126 e. The summed E-state index contributed by atoms with van der Waals surface area (Å²) < 4.78 is 38.8. The number of fused-ring (bicyclic) bond motifs is 5. The monoisotopic (exact) mass is 943 g/mol. The summed E-state index contributed by atoms with van der Waals surface area (Å²) in [7, 11) is 0. The SMILES string of the molecule is CCCCCCOc1ccc(C2(c3ccc(OCCCCCC)cc3)C=c3c(ccc4c5c(ccc34)OCC(c3ccc(OCCCCCC)cc3)(c3ccc(OCCCCCC)cc3)C=5)OC2)cc1. The second-order valence-corrected chi connectivity index (χ2v) is 19.6. The molecule has 0 saturated heterocycles. The number of benzene rings is 6. The maximum Gasteiger partial charge on any atom is 0.126 e. The Bertz CT molecular complexity index is 2350. The number of hydrogen-bond acceptors (Lipinski definition) is 6. The van der Waals surface area contributed by atoms with E-state index in [9.17, 15) is 0 Å². The van der Waals surface area contributed by atoms with Crippen LogP contribution in [-0.4, -0.2) is 39.6 Å². The highest BCUT2D eigenvalue weighted by atomic mass is 16.5. The van der Waals surface area contributed by atoms with Crippen LogP contribution in [-0.2, 0) is 10.8 Å². The Kier molecular flexibility index (Phi) is 18.3. The summed E-state index contributed by atoms with van der Waals surface area (Å²) in [5, 5.41) is 4.39. The number of rotatable bonds is 28. The van der Waals surface area contributed by atoms with Crippen LogP contribution in [0.4, 0.5) is 0 Å². The molecule has 0 saturated carbocycles. The van der Waals surface area contributed by atoms with E-state index in [0.717, 1.165) is 130 Å². The van der Waals surface area contributed by atoms with Gasteiger partial charge >= 0.3 is 0 Å². The number of hydrogen-bond donors (Lipinski definition) is 0. The van der Waals surface area contributed by atoms with E-state index in [1.165, 1.54) is 77.0 Å². The van der Waals surface area contributed by atoms with Crippen LogP contribution < -0.4 is 38.9 Å². The average molecular weight is 943 g/mol. The lowest BCUT2D eigenvalue weighted by Gasteiger charge is -2.36. The Morgan fingerprint density at radius 1 is 0.329 bits per heavy atom. The van der Waals surface area contributed by atoms with Crippen molar-refractivity contribution < 1.29 is 28.4 Å². The zero-order chi connectivity index (χ0) is 48.4. The molecule has 0 unspecified atom stereocenters. The molecule has 0 bridgehead atoms. The number of ether oxygens (including phenoxy) is 6. The minimum atomic E-state index is -0.583. The van der Waals surface area contributed by atoms with Crippen LogP contribution in [0.2, 0.25) is 0 Å². The Morgan fingerprint density at radius 2 is 0.600 bits per heavy atom. The van der Waals surface area contributed by atoms with Crippen LogP contribution in [0.15, 0.2) is 121 Å². The maximum atomic E-state index is 6.90. The van der Waals surface area contributed by atoms with Gasteiger partial charge in [-0.1, -0.05) is 165 Å². The van der Waals surface area contributed by atoms with Crippen LogP contribution in [0.5, 0.6) is 34.5 Å². The zero-order valence-electron chi connectivity index (χ0n) is 42.7. The lowest BCUT2D eigenvalue weighted by Crippen LogP contribution is -2.40. The Hall–Kier alpha value is -5.88. The summed E-state index contributed by atoms with van der Waals surface area (Å²) in [6, 6.07) is 43.5. The Labute approximate surface area is 419 Å². The van der Waals surface area contributed by atoms with Gasteiger partial charge in [0.1, 0.15) is 47.7 Å². The molecule has 0 N–H and O–H groups in total. The van der Waals surface area contributed by atoms with Crippen LogP contribution in [0.1, 0.15) is 153 Å². The summed E-state index contributed by atoms with van der Waals surface area (Å²) >= 11 is 0. The summed E-state index contributed by atoms with van der Waals surface area (Å²) in [6.45, 7) is 12.8. The van der Waals surface area contributed by atoms with Crippen molar-refractivity contribution in [1.82, 2.24) is 0 Å². The summed E-state index contributed by atoms with van der Waals surface area (Å²) in [6.07, 6.45) is 23.7. The standard InChI is InChI=1S/C64H78O6/c1-5-9-13-17-41-65-53-29-21-49(22-30-53)63(50-23-31-54(32-24-50)66-42-18-14-10-6-2)45-59-57-37-40-62-60(58(57)38-39-61(59)69-47-63)46-64(48-70-62,51-25-33-55(34-26-51)67-43-19-15-11-7-3)52-27-35-56(36-28-52)68-44-20-16-12-8-4/h21-40,45-46H,5-20,41-44,47-48H2,1-4H3. The molecule has 8 rings (SSSR count). The van der Waals surface area contributed by atoms with Crippen molar-refractivity contribution in [1.29, 1.82) is 0 Å². The van der Waals surface area contributed by atoms with E-state index in [4.69, 9.17) is 28.4 Å². The topological polar surface area (TPSA) is 55.4 Å². The molecule has 0 fully saturated rings. The van der Waals surface area contributed by atoms with Crippen LogP contribution in [0, 0.1) is 0 Å².